The molecule has 2 aliphatic rings. The molecule has 2 fully saturated rings. The Morgan fingerprint density at radius 1 is 1.19 bits per heavy atom. The fourth-order valence-electron chi connectivity index (χ4n) is 4.76. The molecule has 1 atom stereocenters. The van der Waals surface area contributed by atoms with Crippen LogP contribution in [0.4, 0.5) is 4.39 Å². The Morgan fingerprint density at radius 3 is 2.47 bits per heavy atom. The standard InChI is InChI=1S/C24H40FN5O.HI/c1-5-26-23(28-19(2)20-9-10-22(31-4)21(25)17-20)27-18-24(11-15-29(3)16-12-24)30-13-7-6-8-14-30;/h9-10,17,19H,5-8,11-16,18H2,1-4H3,(H2,26,27,28);1H. The summed E-state index contributed by atoms with van der Waals surface area (Å²) in [5.41, 5.74) is 1.01. The molecule has 1 aromatic rings. The second kappa shape index (κ2) is 12.9. The Balaban J connectivity index is 0.00000363. The van der Waals surface area contributed by atoms with Crippen molar-refractivity contribution in [2.24, 2.45) is 4.99 Å². The van der Waals surface area contributed by atoms with Gasteiger partial charge in [0.2, 0.25) is 0 Å². The van der Waals surface area contributed by atoms with Crippen molar-refractivity contribution < 1.29 is 9.13 Å². The topological polar surface area (TPSA) is 52.1 Å². The van der Waals surface area contributed by atoms with E-state index in [2.05, 4.69) is 34.4 Å². The van der Waals surface area contributed by atoms with Crippen molar-refractivity contribution in [3.8, 4) is 5.75 Å². The van der Waals surface area contributed by atoms with E-state index in [1.807, 2.05) is 13.0 Å². The van der Waals surface area contributed by atoms with Gasteiger partial charge in [0.15, 0.2) is 17.5 Å². The molecule has 0 radical (unpaired) electrons. The van der Waals surface area contributed by atoms with Crippen LogP contribution in [0.2, 0.25) is 0 Å². The highest BCUT2D eigenvalue weighted by molar-refractivity contribution is 14.0. The predicted molar refractivity (Wildman–Crippen MR) is 141 cm³/mol. The molecular weight excluding hydrogens is 520 g/mol. The maximum Gasteiger partial charge on any atom is 0.191 e. The van der Waals surface area contributed by atoms with Gasteiger partial charge in [-0.05, 0) is 90.5 Å². The van der Waals surface area contributed by atoms with Crippen LogP contribution >= 0.6 is 24.0 Å². The van der Waals surface area contributed by atoms with Gasteiger partial charge in [0.25, 0.3) is 0 Å². The second-order valence-corrected chi connectivity index (χ2v) is 9.03. The molecule has 182 valence electrons. The number of nitrogens with one attached hydrogen (secondary N) is 2. The van der Waals surface area contributed by atoms with Crippen molar-refractivity contribution in [3.63, 3.8) is 0 Å². The van der Waals surface area contributed by atoms with E-state index in [1.165, 1.54) is 45.5 Å². The first-order valence-corrected chi connectivity index (χ1v) is 11.8. The molecule has 1 aromatic carbocycles. The number of nitrogens with zero attached hydrogens (tertiary/aromatic N) is 3. The third kappa shape index (κ3) is 6.93. The molecule has 0 spiro atoms. The van der Waals surface area contributed by atoms with Crippen molar-refractivity contribution >= 4 is 29.9 Å². The summed E-state index contributed by atoms with van der Waals surface area (Å²) in [5.74, 6) is 0.717. The molecule has 32 heavy (non-hydrogen) atoms. The summed E-state index contributed by atoms with van der Waals surface area (Å²) < 4.78 is 19.2. The normalized spacial score (nSPS) is 20.8. The quantitative estimate of drug-likeness (QED) is 0.300. The summed E-state index contributed by atoms with van der Waals surface area (Å²) in [7, 11) is 3.70. The van der Waals surface area contributed by atoms with Gasteiger partial charge in [-0.15, -0.1) is 24.0 Å². The van der Waals surface area contributed by atoms with Crippen LogP contribution in [0.15, 0.2) is 23.2 Å². The number of halogens is 2. The summed E-state index contributed by atoms with van der Waals surface area (Å²) >= 11 is 0. The van der Waals surface area contributed by atoms with Crippen LogP contribution < -0.4 is 15.4 Å². The molecule has 6 nitrogen and oxygen atoms in total. The summed E-state index contributed by atoms with van der Waals surface area (Å²) in [4.78, 5) is 10.2. The second-order valence-electron chi connectivity index (χ2n) is 9.03. The number of hydrogen-bond donors (Lipinski definition) is 2. The lowest BCUT2D eigenvalue weighted by Crippen LogP contribution is -2.58. The van der Waals surface area contributed by atoms with Gasteiger partial charge in [-0.25, -0.2) is 4.39 Å². The minimum Gasteiger partial charge on any atom is -0.494 e. The zero-order chi connectivity index (χ0) is 22.3. The third-order valence-electron chi connectivity index (χ3n) is 6.85. The molecule has 2 heterocycles. The van der Waals surface area contributed by atoms with E-state index in [0.717, 1.165) is 50.5 Å². The van der Waals surface area contributed by atoms with Gasteiger partial charge in [0, 0.05) is 12.1 Å². The molecular formula is C24H41FIN5O. The number of methoxy groups -OCH3 is 1. The molecule has 2 N–H and O–H groups in total. The number of rotatable bonds is 7. The van der Waals surface area contributed by atoms with Crippen LogP contribution in [0.3, 0.4) is 0 Å². The number of benzene rings is 1. The molecule has 0 aliphatic carbocycles. The van der Waals surface area contributed by atoms with E-state index < -0.39 is 0 Å². The fraction of sp³-hybridized carbons (Fsp3) is 0.708. The van der Waals surface area contributed by atoms with E-state index in [4.69, 9.17) is 9.73 Å². The largest absolute Gasteiger partial charge is 0.494 e. The Kier molecular flexibility index (Phi) is 11.0. The SMILES string of the molecule is CCNC(=NCC1(N2CCCCC2)CCN(C)CC1)NC(C)c1ccc(OC)c(F)c1.I. The van der Waals surface area contributed by atoms with Crippen molar-refractivity contribution in [2.75, 3.05) is 53.4 Å². The van der Waals surface area contributed by atoms with Gasteiger partial charge in [-0.2, -0.15) is 0 Å². The minimum atomic E-state index is -0.342. The zero-order valence-electron chi connectivity index (χ0n) is 20.1. The average molecular weight is 562 g/mol. The molecule has 0 saturated carbocycles. The lowest BCUT2D eigenvalue weighted by atomic mass is 9.84. The van der Waals surface area contributed by atoms with E-state index in [-0.39, 0.29) is 47.1 Å². The lowest BCUT2D eigenvalue weighted by molar-refractivity contribution is 0.0208. The summed E-state index contributed by atoms with van der Waals surface area (Å²) in [6.45, 7) is 10.3. The van der Waals surface area contributed by atoms with Crippen LogP contribution in [-0.4, -0.2) is 74.7 Å². The van der Waals surface area contributed by atoms with Crippen molar-refractivity contribution in [1.29, 1.82) is 0 Å². The van der Waals surface area contributed by atoms with Gasteiger partial charge < -0.3 is 20.3 Å². The fourth-order valence-corrected chi connectivity index (χ4v) is 4.76. The van der Waals surface area contributed by atoms with E-state index in [1.54, 1.807) is 6.07 Å². The van der Waals surface area contributed by atoms with Gasteiger partial charge in [-0.3, -0.25) is 9.89 Å². The number of ether oxygens (including phenoxy) is 1. The molecule has 2 aliphatic heterocycles. The van der Waals surface area contributed by atoms with Gasteiger partial charge in [-0.1, -0.05) is 12.5 Å². The lowest BCUT2D eigenvalue weighted by Gasteiger charge is -2.49. The van der Waals surface area contributed by atoms with Gasteiger partial charge >= 0.3 is 0 Å². The predicted octanol–water partition coefficient (Wildman–Crippen LogP) is 4.02. The van der Waals surface area contributed by atoms with Crippen LogP contribution in [0.25, 0.3) is 0 Å². The molecule has 0 aromatic heterocycles. The smallest absolute Gasteiger partial charge is 0.191 e. The number of likely N-dealkylation sites (tertiary alicyclic amines) is 2. The molecule has 0 bridgehead atoms. The number of aliphatic imine (C=N–C) groups is 1. The maximum atomic E-state index is 14.2. The monoisotopic (exact) mass is 561 g/mol. The van der Waals surface area contributed by atoms with Gasteiger partial charge in [0.1, 0.15) is 0 Å². The summed E-state index contributed by atoms with van der Waals surface area (Å²) in [5, 5.41) is 6.85. The summed E-state index contributed by atoms with van der Waals surface area (Å²) in [6, 6.07) is 5.04. The first-order chi connectivity index (χ1) is 15.0. The molecule has 0 amide bonds. The highest BCUT2D eigenvalue weighted by atomic mass is 127. The zero-order valence-corrected chi connectivity index (χ0v) is 22.5. The Bertz CT molecular complexity index is 733. The van der Waals surface area contributed by atoms with Crippen LogP contribution in [0, 0.1) is 5.82 Å². The first kappa shape index (κ1) is 27.1. The van der Waals surface area contributed by atoms with Crippen LogP contribution in [0.5, 0.6) is 5.75 Å². The summed E-state index contributed by atoms with van der Waals surface area (Å²) in [6.07, 6.45) is 6.24. The number of piperidine rings is 2. The van der Waals surface area contributed by atoms with E-state index in [0.29, 0.717) is 0 Å². The molecule has 2 saturated heterocycles. The van der Waals surface area contributed by atoms with Crippen molar-refractivity contribution in [3.05, 3.63) is 29.6 Å². The highest BCUT2D eigenvalue weighted by Gasteiger charge is 2.39. The highest BCUT2D eigenvalue weighted by Crippen LogP contribution is 2.32. The van der Waals surface area contributed by atoms with Gasteiger partial charge in [0.05, 0.1) is 19.7 Å². The number of hydrogen-bond acceptors (Lipinski definition) is 4. The Hall–Kier alpha value is -1.13. The van der Waals surface area contributed by atoms with E-state index in [9.17, 15) is 4.39 Å². The van der Waals surface area contributed by atoms with Crippen LogP contribution in [-0.2, 0) is 0 Å². The molecule has 8 heteroatoms. The van der Waals surface area contributed by atoms with Crippen LogP contribution in [0.1, 0.15) is 57.6 Å². The Morgan fingerprint density at radius 2 is 1.88 bits per heavy atom. The average Bonchev–Trinajstić information content (AvgIpc) is 2.79. The number of guanidine groups is 1. The Labute approximate surface area is 210 Å². The minimum absolute atomic E-state index is 0. The first-order valence-electron chi connectivity index (χ1n) is 11.8. The van der Waals surface area contributed by atoms with Crippen molar-refractivity contribution in [1.82, 2.24) is 20.4 Å². The molecule has 3 rings (SSSR count). The third-order valence-corrected chi connectivity index (χ3v) is 6.85. The van der Waals surface area contributed by atoms with Crippen molar-refractivity contribution in [2.45, 2.75) is 57.5 Å². The van der Waals surface area contributed by atoms with E-state index >= 15 is 0 Å². The maximum absolute atomic E-state index is 14.2. The molecule has 1 unspecified atom stereocenters.